The molecule has 0 aliphatic heterocycles. The number of fused-ring (bicyclic) bond motifs is 2. The second kappa shape index (κ2) is 6.05. The predicted molar refractivity (Wildman–Crippen MR) is 90.4 cm³/mol. The van der Waals surface area contributed by atoms with Gasteiger partial charge in [0.25, 0.3) is 0 Å². The van der Waals surface area contributed by atoms with E-state index in [0.717, 1.165) is 36.1 Å². The molecule has 0 amide bonds. The summed E-state index contributed by atoms with van der Waals surface area (Å²) < 4.78 is 11.8. The predicted octanol–water partition coefficient (Wildman–Crippen LogP) is 4.40. The molecule has 4 nitrogen and oxygen atoms in total. The van der Waals surface area contributed by atoms with E-state index in [-0.39, 0.29) is 29.0 Å². The lowest BCUT2D eigenvalue weighted by atomic mass is 9.54. The summed E-state index contributed by atoms with van der Waals surface area (Å²) >= 11 is 0. The van der Waals surface area contributed by atoms with Gasteiger partial charge in [-0.05, 0) is 31.2 Å². The quantitative estimate of drug-likeness (QED) is 0.770. The minimum Gasteiger partial charge on any atom is -0.469 e. The van der Waals surface area contributed by atoms with Crippen molar-refractivity contribution in [1.29, 1.82) is 0 Å². The number of carbonyl (C=O) groups excluding carboxylic acids is 2. The molecule has 2 aliphatic rings. The van der Waals surface area contributed by atoms with Crippen molar-refractivity contribution >= 4 is 11.8 Å². The second-order valence-corrected chi connectivity index (χ2v) is 7.88. The Morgan fingerprint density at radius 2 is 2.21 bits per heavy atom. The van der Waals surface area contributed by atoms with Crippen LogP contribution in [0.5, 0.6) is 0 Å². The van der Waals surface area contributed by atoms with Gasteiger partial charge >= 0.3 is 5.97 Å². The van der Waals surface area contributed by atoms with Crippen molar-refractivity contribution in [1.82, 2.24) is 0 Å². The van der Waals surface area contributed by atoms with Crippen LogP contribution in [0.4, 0.5) is 0 Å². The summed E-state index contributed by atoms with van der Waals surface area (Å²) in [6.45, 7) is 10.00. The number of carbonyl (C=O) groups is 2. The number of aryl methyl sites for hydroxylation is 1. The molecule has 1 aromatic heterocycles. The molecule has 0 N–H and O–H groups in total. The van der Waals surface area contributed by atoms with Crippen molar-refractivity contribution in [3.63, 3.8) is 0 Å². The van der Waals surface area contributed by atoms with E-state index in [1.165, 1.54) is 0 Å². The molecule has 1 aromatic rings. The minimum atomic E-state index is -0.397. The first-order chi connectivity index (χ1) is 11.3. The van der Waals surface area contributed by atoms with Crippen molar-refractivity contribution in [3.8, 4) is 0 Å². The molecule has 1 saturated carbocycles. The third-order valence-electron chi connectivity index (χ3n) is 6.65. The number of ketones is 1. The molecular weight excluding hydrogens is 304 g/mol. The molecule has 0 saturated heterocycles. The number of esters is 1. The number of rotatable bonds is 3. The summed E-state index contributed by atoms with van der Waals surface area (Å²) in [4.78, 5) is 25.0. The van der Waals surface area contributed by atoms with Crippen LogP contribution in [0, 0.1) is 30.1 Å². The highest BCUT2D eigenvalue weighted by molar-refractivity contribution is 5.83. The Labute approximate surface area is 143 Å². The Kier molecular flexibility index (Phi) is 4.35. The van der Waals surface area contributed by atoms with Gasteiger partial charge in [0.15, 0.2) is 0 Å². The maximum Gasteiger partial charge on any atom is 0.309 e. The SMILES string of the molecule is CCC(C)C(=O)O[C@@H]1c2c(C)coc2C[C@H]2CCC(=O)[C@H](C)[C@]21C. The van der Waals surface area contributed by atoms with Gasteiger partial charge in [-0.25, -0.2) is 0 Å². The van der Waals surface area contributed by atoms with Crippen LogP contribution >= 0.6 is 0 Å². The van der Waals surface area contributed by atoms with Crippen molar-refractivity contribution in [3.05, 3.63) is 23.2 Å². The summed E-state index contributed by atoms with van der Waals surface area (Å²) in [5.74, 6) is 1.08. The zero-order valence-electron chi connectivity index (χ0n) is 15.3. The zero-order valence-corrected chi connectivity index (χ0v) is 15.3. The van der Waals surface area contributed by atoms with Crippen LogP contribution in [0.2, 0.25) is 0 Å². The molecule has 132 valence electrons. The summed E-state index contributed by atoms with van der Waals surface area (Å²) in [5.41, 5.74) is 1.64. The Morgan fingerprint density at radius 3 is 2.88 bits per heavy atom. The fraction of sp³-hybridized carbons (Fsp3) is 0.700. The van der Waals surface area contributed by atoms with Gasteiger partial charge in [0.1, 0.15) is 17.6 Å². The zero-order chi connectivity index (χ0) is 17.6. The fourth-order valence-electron chi connectivity index (χ4n) is 4.44. The Balaban J connectivity index is 2.07. The number of hydrogen-bond donors (Lipinski definition) is 0. The lowest BCUT2D eigenvalue weighted by molar-refractivity contribution is -0.176. The average Bonchev–Trinajstić information content (AvgIpc) is 2.93. The van der Waals surface area contributed by atoms with Crippen LogP contribution < -0.4 is 0 Å². The van der Waals surface area contributed by atoms with Crippen LogP contribution in [0.15, 0.2) is 10.7 Å². The van der Waals surface area contributed by atoms with E-state index in [4.69, 9.17) is 9.15 Å². The Morgan fingerprint density at radius 1 is 1.50 bits per heavy atom. The number of hydrogen-bond acceptors (Lipinski definition) is 4. The molecule has 0 spiro atoms. The van der Waals surface area contributed by atoms with E-state index >= 15 is 0 Å². The molecule has 5 atom stereocenters. The van der Waals surface area contributed by atoms with E-state index in [2.05, 4.69) is 6.92 Å². The highest BCUT2D eigenvalue weighted by Crippen LogP contribution is 2.58. The first-order valence-corrected chi connectivity index (χ1v) is 9.10. The van der Waals surface area contributed by atoms with Crippen LogP contribution in [0.1, 0.15) is 69.9 Å². The second-order valence-electron chi connectivity index (χ2n) is 7.88. The van der Waals surface area contributed by atoms with Gasteiger partial charge in [-0.1, -0.05) is 27.7 Å². The summed E-state index contributed by atoms with van der Waals surface area (Å²) in [6.07, 6.45) is 4.39. The van der Waals surface area contributed by atoms with E-state index < -0.39 is 6.10 Å². The normalized spacial score (nSPS) is 33.5. The van der Waals surface area contributed by atoms with Gasteiger partial charge in [-0.2, -0.15) is 0 Å². The average molecular weight is 332 g/mol. The van der Waals surface area contributed by atoms with Crippen molar-refractivity contribution in [2.75, 3.05) is 0 Å². The van der Waals surface area contributed by atoms with E-state index in [0.29, 0.717) is 12.3 Å². The summed E-state index contributed by atoms with van der Waals surface area (Å²) in [6, 6.07) is 0. The first kappa shape index (κ1) is 17.2. The van der Waals surface area contributed by atoms with Crippen molar-refractivity contribution in [2.45, 2.75) is 66.4 Å². The highest BCUT2D eigenvalue weighted by atomic mass is 16.5. The molecule has 1 heterocycles. The molecule has 2 aliphatic carbocycles. The fourth-order valence-corrected chi connectivity index (χ4v) is 4.44. The molecule has 4 heteroatoms. The number of Topliss-reactive ketones (excluding diaryl/α,β-unsaturated/α-hetero) is 1. The van der Waals surface area contributed by atoms with Gasteiger partial charge in [-0.15, -0.1) is 0 Å². The highest BCUT2D eigenvalue weighted by Gasteiger charge is 2.57. The molecule has 0 radical (unpaired) electrons. The maximum atomic E-state index is 12.6. The van der Waals surface area contributed by atoms with Gasteiger partial charge in [0, 0.05) is 29.7 Å². The topological polar surface area (TPSA) is 56.5 Å². The molecule has 0 bridgehead atoms. The molecular formula is C20H28O4. The van der Waals surface area contributed by atoms with E-state index in [9.17, 15) is 9.59 Å². The standard InChI is InChI=1S/C20H28O4/c1-6-11(2)19(22)24-18-17-12(3)10-23-16(17)9-14-7-8-15(21)13(4)20(14,18)5/h10-11,13-14,18H,6-9H2,1-5H3/t11?,13-,14+,18+,20+/m0/s1. The first-order valence-electron chi connectivity index (χ1n) is 9.10. The van der Waals surface area contributed by atoms with Crippen molar-refractivity contribution in [2.24, 2.45) is 23.2 Å². The third kappa shape index (κ3) is 2.42. The van der Waals surface area contributed by atoms with Gasteiger partial charge in [0.05, 0.1) is 12.2 Å². The monoisotopic (exact) mass is 332 g/mol. The Bertz CT molecular complexity index is 659. The lowest BCUT2D eigenvalue weighted by Gasteiger charge is -2.52. The smallest absolute Gasteiger partial charge is 0.309 e. The molecule has 24 heavy (non-hydrogen) atoms. The van der Waals surface area contributed by atoms with Crippen molar-refractivity contribution < 1.29 is 18.7 Å². The van der Waals surface area contributed by atoms with E-state index in [1.54, 1.807) is 6.26 Å². The van der Waals surface area contributed by atoms with Crippen LogP contribution in [0.25, 0.3) is 0 Å². The van der Waals surface area contributed by atoms with E-state index in [1.807, 2.05) is 27.7 Å². The lowest BCUT2D eigenvalue weighted by Crippen LogP contribution is -2.51. The largest absolute Gasteiger partial charge is 0.469 e. The van der Waals surface area contributed by atoms with Crippen LogP contribution in [-0.4, -0.2) is 11.8 Å². The molecule has 1 unspecified atom stereocenters. The summed E-state index contributed by atoms with van der Waals surface area (Å²) in [5, 5.41) is 0. The number of furan rings is 1. The molecule has 3 rings (SSSR count). The van der Waals surface area contributed by atoms with Gasteiger partial charge in [-0.3, -0.25) is 9.59 Å². The maximum absolute atomic E-state index is 12.6. The molecule has 1 fully saturated rings. The Hall–Kier alpha value is -1.58. The van der Waals surface area contributed by atoms with Gasteiger partial charge < -0.3 is 9.15 Å². The van der Waals surface area contributed by atoms with Gasteiger partial charge in [0.2, 0.25) is 0 Å². The number of ether oxygens (including phenoxy) is 1. The molecule has 0 aromatic carbocycles. The minimum absolute atomic E-state index is 0.117. The van der Waals surface area contributed by atoms with Crippen LogP contribution in [0.3, 0.4) is 0 Å². The third-order valence-corrected chi connectivity index (χ3v) is 6.65. The van der Waals surface area contributed by atoms with Crippen LogP contribution in [-0.2, 0) is 20.7 Å². The summed E-state index contributed by atoms with van der Waals surface area (Å²) in [7, 11) is 0.